The van der Waals surface area contributed by atoms with E-state index in [0.717, 1.165) is 5.57 Å². The first-order chi connectivity index (χ1) is 8.45. The van der Waals surface area contributed by atoms with Gasteiger partial charge in [-0.1, -0.05) is 41.5 Å². The largest absolute Gasteiger partial charge is 0.293 e. The first-order valence-electron chi connectivity index (χ1n) is 6.08. The van der Waals surface area contributed by atoms with Crippen molar-refractivity contribution in [1.29, 1.82) is 0 Å². The van der Waals surface area contributed by atoms with Crippen LogP contribution in [0.3, 0.4) is 0 Å². The number of ketones is 1. The van der Waals surface area contributed by atoms with Gasteiger partial charge in [0.1, 0.15) is 4.75 Å². The quantitative estimate of drug-likeness (QED) is 0.606. The van der Waals surface area contributed by atoms with Crippen molar-refractivity contribution < 1.29 is 9.00 Å². The Hall–Kier alpha value is -1.22. The van der Waals surface area contributed by atoms with Crippen molar-refractivity contribution in [2.45, 2.75) is 31.9 Å². The summed E-state index contributed by atoms with van der Waals surface area (Å²) in [5, 5.41) is 0. The van der Waals surface area contributed by atoms with E-state index in [0.29, 0.717) is 17.7 Å². The van der Waals surface area contributed by atoms with Crippen molar-refractivity contribution in [3.05, 3.63) is 47.0 Å². The van der Waals surface area contributed by atoms with E-state index in [1.54, 1.807) is 12.1 Å². The van der Waals surface area contributed by atoms with Gasteiger partial charge in [0.05, 0.1) is 0 Å². The highest BCUT2D eigenvalue weighted by Gasteiger charge is 2.42. The minimum Gasteiger partial charge on any atom is -0.293 e. The molecule has 0 saturated carbocycles. The molecule has 1 aromatic carbocycles. The molecule has 2 rings (SSSR count). The number of Topliss-reactive ketones (excluding diaryl/α,β-unsaturated/α-hetero) is 1. The monoisotopic (exact) mass is 262 g/mol. The van der Waals surface area contributed by atoms with Crippen LogP contribution >= 0.6 is 0 Å². The zero-order valence-electron chi connectivity index (χ0n) is 11.0. The molecule has 0 aliphatic carbocycles. The predicted molar refractivity (Wildman–Crippen MR) is 75.2 cm³/mol. The Morgan fingerprint density at radius 1 is 1.17 bits per heavy atom. The van der Waals surface area contributed by atoms with E-state index in [9.17, 15) is 9.00 Å². The lowest BCUT2D eigenvalue weighted by Gasteiger charge is -2.32. The van der Waals surface area contributed by atoms with Gasteiger partial charge in [-0.05, 0) is 27.2 Å². The van der Waals surface area contributed by atoms with E-state index in [4.69, 9.17) is 0 Å². The van der Waals surface area contributed by atoms with Crippen LogP contribution in [-0.4, -0.2) is 20.5 Å². The first kappa shape index (κ1) is 13.2. The summed E-state index contributed by atoms with van der Waals surface area (Å²) >= 11 is 0. The maximum absolute atomic E-state index is 12.6. The standard InChI is InChI=1S/C15H18O2S/c1-11-9-15(3,18(17)10-12(11)2)14(16)13-7-5-4-6-8-13/h4-8H,9-10H2,1-3H3. The average Bonchev–Trinajstić information content (AvgIpc) is 2.37. The van der Waals surface area contributed by atoms with E-state index in [1.165, 1.54) is 5.57 Å². The lowest BCUT2D eigenvalue weighted by molar-refractivity contribution is 0.0947. The summed E-state index contributed by atoms with van der Waals surface area (Å²) in [5.41, 5.74) is 3.01. The van der Waals surface area contributed by atoms with Crippen LogP contribution < -0.4 is 0 Å². The van der Waals surface area contributed by atoms with Gasteiger partial charge in [0, 0.05) is 22.1 Å². The van der Waals surface area contributed by atoms with Crippen LogP contribution in [0.4, 0.5) is 0 Å². The van der Waals surface area contributed by atoms with Crippen molar-refractivity contribution in [3.8, 4) is 0 Å². The van der Waals surface area contributed by atoms with Crippen LogP contribution in [0.25, 0.3) is 0 Å². The summed E-state index contributed by atoms with van der Waals surface area (Å²) in [6, 6.07) is 9.16. The average molecular weight is 262 g/mol. The number of hydrogen-bond donors (Lipinski definition) is 0. The molecular formula is C15H18O2S. The highest BCUT2D eigenvalue weighted by molar-refractivity contribution is 7.87. The van der Waals surface area contributed by atoms with Crippen molar-refractivity contribution >= 4 is 16.6 Å². The third kappa shape index (κ3) is 2.19. The number of rotatable bonds is 2. The van der Waals surface area contributed by atoms with Gasteiger partial charge in [-0.3, -0.25) is 9.00 Å². The van der Waals surface area contributed by atoms with Gasteiger partial charge in [-0.2, -0.15) is 0 Å². The molecule has 0 radical (unpaired) electrons. The minimum atomic E-state index is -1.13. The Morgan fingerprint density at radius 3 is 2.39 bits per heavy atom. The van der Waals surface area contributed by atoms with E-state index in [2.05, 4.69) is 0 Å². The molecule has 0 fully saturated rings. The van der Waals surface area contributed by atoms with Crippen molar-refractivity contribution in [2.24, 2.45) is 0 Å². The molecule has 0 spiro atoms. The normalized spacial score (nSPS) is 28.3. The van der Waals surface area contributed by atoms with Crippen molar-refractivity contribution in [1.82, 2.24) is 0 Å². The third-order valence-corrected chi connectivity index (χ3v) is 5.73. The number of hydrogen-bond acceptors (Lipinski definition) is 2. The maximum atomic E-state index is 12.6. The van der Waals surface area contributed by atoms with Gasteiger partial charge in [0.2, 0.25) is 0 Å². The zero-order chi connectivity index (χ0) is 13.3. The van der Waals surface area contributed by atoms with Crippen LogP contribution in [0, 0.1) is 0 Å². The van der Waals surface area contributed by atoms with E-state index in [-0.39, 0.29) is 5.78 Å². The molecule has 96 valence electrons. The number of benzene rings is 1. The van der Waals surface area contributed by atoms with E-state index < -0.39 is 15.5 Å². The molecule has 1 aromatic rings. The summed E-state index contributed by atoms with van der Waals surface area (Å²) in [6.07, 6.45) is 0.596. The Balaban J connectivity index is 2.38. The topological polar surface area (TPSA) is 34.1 Å². The van der Waals surface area contributed by atoms with E-state index >= 15 is 0 Å². The van der Waals surface area contributed by atoms with Crippen LogP contribution in [0.5, 0.6) is 0 Å². The Bertz CT molecular complexity index is 531. The molecule has 18 heavy (non-hydrogen) atoms. The molecule has 0 aromatic heterocycles. The molecule has 0 amide bonds. The fourth-order valence-corrected chi connectivity index (χ4v) is 3.96. The Kier molecular flexibility index (Phi) is 3.53. The van der Waals surface area contributed by atoms with Crippen LogP contribution in [0.1, 0.15) is 37.6 Å². The number of carbonyl (C=O) groups excluding carboxylic acids is 1. The van der Waals surface area contributed by atoms with Gasteiger partial charge in [0.15, 0.2) is 5.78 Å². The zero-order valence-corrected chi connectivity index (χ0v) is 11.8. The molecule has 2 nitrogen and oxygen atoms in total. The molecule has 0 bridgehead atoms. The van der Waals surface area contributed by atoms with Crippen LogP contribution in [0.2, 0.25) is 0 Å². The summed E-state index contributed by atoms with van der Waals surface area (Å²) in [5.74, 6) is 0.509. The molecule has 2 atom stereocenters. The smallest absolute Gasteiger partial charge is 0.181 e. The molecular weight excluding hydrogens is 244 g/mol. The molecule has 0 N–H and O–H groups in total. The molecule has 3 heteroatoms. The van der Waals surface area contributed by atoms with Gasteiger partial charge in [-0.15, -0.1) is 0 Å². The summed E-state index contributed by atoms with van der Waals surface area (Å²) < 4.78 is 11.6. The van der Waals surface area contributed by atoms with Gasteiger partial charge in [0.25, 0.3) is 0 Å². The summed E-state index contributed by atoms with van der Waals surface area (Å²) in [6.45, 7) is 5.86. The summed E-state index contributed by atoms with van der Waals surface area (Å²) in [4.78, 5) is 12.6. The molecule has 2 unspecified atom stereocenters. The van der Waals surface area contributed by atoms with Gasteiger partial charge in [-0.25, -0.2) is 0 Å². The molecule has 0 saturated heterocycles. The lowest BCUT2D eigenvalue weighted by atomic mass is 9.90. The SMILES string of the molecule is CC1=C(C)CC(C)(C(=O)c2ccccc2)S(=O)C1. The second kappa shape index (κ2) is 4.81. The third-order valence-electron chi connectivity index (χ3n) is 3.70. The highest BCUT2D eigenvalue weighted by atomic mass is 32.2. The lowest BCUT2D eigenvalue weighted by Crippen LogP contribution is -2.44. The highest BCUT2D eigenvalue weighted by Crippen LogP contribution is 2.34. The van der Waals surface area contributed by atoms with E-state index in [1.807, 2.05) is 39.0 Å². The van der Waals surface area contributed by atoms with Gasteiger partial charge < -0.3 is 0 Å². The molecule has 1 heterocycles. The molecule has 1 aliphatic heterocycles. The van der Waals surface area contributed by atoms with Crippen LogP contribution in [0.15, 0.2) is 41.5 Å². The first-order valence-corrected chi connectivity index (χ1v) is 7.40. The Morgan fingerprint density at radius 2 is 1.78 bits per heavy atom. The maximum Gasteiger partial charge on any atom is 0.181 e. The van der Waals surface area contributed by atoms with Crippen molar-refractivity contribution in [2.75, 3.05) is 5.75 Å². The fraction of sp³-hybridized carbons (Fsp3) is 0.400. The molecule has 1 aliphatic rings. The second-order valence-corrected chi connectivity index (χ2v) is 7.03. The van der Waals surface area contributed by atoms with Gasteiger partial charge >= 0.3 is 0 Å². The second-order valence-electron chi connectivity index (χ2n) is 5.15. The van der Waals surface area contributed by atoms with Crippen molar-refractivity contribution in [3.63, 3.8) is 0 Å². The summed E-state index contributed by atoms with van der Waals surface area (Å²) in [7, 11) is -1.13. The Labute approximate surface area is 111 Å². The fourth-order valence-electron chi connectivity index (χ4n) is 2.30. The number of carbonyl (C=O) groups is 1. The minimum absolute atomic E-state index is 0.00622. The predicted octanol–water partition coefficient (Wildman–Crippen LogP) is 3.12. The number of allylic oxidation sites excluding steroid dienone is 1. The van der Waals surface area contributed by atoms with Crippen LogP contribution in [-0.2, 0) is 10.8 Å².